The van der Waals surface area contributed by atoms with Gasteiger partial charge in [0.05, 0.1) is 0 Å². The number of carbonyl (C=O) groups excluding carboxylic acids is 1. The van der Waals surface area contributed by atoms with Gasteiger partial charge >= 0.3 is 6.03 Å². The van der Waals surface area contributed by atoms with E-state index >= 15 is 0 Å². The molecule has 0 aromatic carbocycles. The molecule has 1 unspecified atom stereocenters. The minimum Gasteiger partial charge on any atom is -0.323 e. The van der Waals surface area contributed by atoms with Crippen LogP contribution in [0.25, 0.3) is 0 Å². The molecule has 4 heteroatoms. The Bertz CT molecular complexity index is 301. The van der Waals surface area contributed by atoms with Crippen LogP contribution in [0.1, 0.15) is 53.9 Å². The van der Waals surface area contributed by atoms with Crippen molar-refractivity contribution in [3.8, 4) is 0 Å². The Hall–Kier alpha value is -0.380. The van der Waals surface area contributed by atoms with Crippen molar-refractivity contribution in [1.82, 2.24) is 9.80 Å². The molecule has 1 atom stereocenters. The van der Waals surface area contributed by atoms with Crippen LogP contribution >= 0.6 is 11.8 Å². The zero-order valence-electron chi connectivity index (χ0n) is 13.9. The Morgan fingerprint density at radius 2 is 1.95 bits per heavy atom. The predicted molar refractivity (Wildman–Crippen MR) is 89.4 cm³/mol. The average molecular weight is 301 g/mol. The fourth-order valence-corrected chi connectivity index (χ4v) is 3.31. The highest BCUT2D eigenvalue weighted by atomic mass is 32.2. The lowest BCUT2D eigenvalue weighted by atomic mass is 9.90. The molecular weight excluding hydrogens is 268 g/mol. The first kappa shape index (κ1) is 17.7. The lowest BCUT2D eigenvalue weighted by molar-refractivity contribution is 0.182. The van der Waals surface area contributed by atoms with Crippen LogP contribution < -0.4 is 0 Å². The van der Waals surface area contributed by atoms with Crippen molar-refractivity contribution < 1.29 is 4.79 Å². The molecule has 0 saturated carbocycles. The van der Waals surface area contributed by atoms with Crippen molar-refractivity contribution in [2.75, 3.05) is 31.1 Å². The van der Waals surface area contributed by atoms with Gasteiger partial charge in [-0.15, -0.1) is 0 Å². The Balaban J connectivity index is 2.27. The van der Waals surface area contributed by atoms with Gasteiger partial charge in [-0.1, -0.05) is 34.1 Å². The maximum absolute atomic E-state index is 12.3. The van der Waals surface area contributed by atoms with Gasteiger partial charge in [-0.25, -0.2) is 4.79 Å². The largest absolute Gasteiger partial charge is 0.323 e. The molecule has 0 bridgehead atoms. The van der Waals surface area contributed by atoms with E-state index in [0.29, 0.717) is 11.5 Å². The summed E-state index contributed by atoms with van der Waals surface area (Å²) in [5, 5.41) is 0. The summed E-state index contributed by atoms with van der Waals surface area (Å²) in [4.78, 5) is 16.4. The van der Waals surface area contributed by atoms with E-state index in [0.717, 1.165) is 37.6 Å². The van der Waals surface area contributed by atoms with Crippen LogP contribution in [-0.2, 0) is 0 Å². The van der Waals surface area contributed by atoms with Gasteiger partial charge in [0.25, 0.3) is 0 Å². The van der Waals surface area contributed by atoms with E-state index in [2.05, 4.69) is 34.6 Å². The summed E-state index contributed by atoms with van der Waals surface area (Å²) >= 11 is 1.92. The molecule has 3 nitrogen and oxygen atoms in total. The first-order valence-electron chi connectivity index (χ1n) is 7.98. The number of carbonyl (C=O) groups is 1. The van der Waals surface area contributed by atoms with Crippen LogP contribution in [0.4, 0.5) is 4.79 Å². The van der Waals surface area contributed by atoms with Gasteiger partial charge in [0, 0.05) is 31.4 Å². The second-order valence-electron chi connectivity index (χ2n) is 6.99. The first-order chi connectivity index (χ1) is 9.35. The minimum absolute atomic E-state index is 0.255. The van der Waals surface area contributed by atoms with E-state index < -0.39 is 0 Å². The number of hydrogen-bond acceptors (Lipinski definition) is 2. The summed E-state index contributed by atoms with van der Waals surface area (Å²) in [7, 11) is 0. The smallest absolute Gasteiger partial charge is 0.320 e. The third-order valence-electron chi connectivity index (χ3n) is 3.83. The number of rotatable bonds is 8. The van der Waals surface area contributed by atoms with Crippen molar-refractivity contribution in [2.45, 2.75) is 59.9 Å². The summed E-state index contributed by atoms with van der Waals surface area (Å²) in [5.41, 5.74) is 0.410. The monoisotopic (exact) mass is 300 g/mol. The van der Waals surface area contributed by atoms with Gasteiger partial charge in [0.1, 0.15) is 0 Å². The molecule has 118 valence electrons. The molecule has 0 aliphatic carbocycles. The predicted octanol–water partition coefficient (Wildman–Crippen LogP) is 4.08. The van der Waals surface area contributed by atoms with E-state index in [-0.39, 0.29) is 6.03 Å². The molecule has 0 aromatic heterocycles. The van der Waals surface area contributed by atoms with Crippen LogP contribution in [0.2, 0.25) is 0 Å². The molecule has 1 fully saturated rings. The Morgan fingerprint density at radius 3 is 2.55 bits per heavy atom. The molecule has 1 aliphatic rings. The number of amides is 2. The van der Waals surface area contributed by atoms with Crippen molar-refractivity contribution >= 4 is 17.8 Å². The molecule has 0 spiro atoms. The van der Waals surface area contributed by atoms with Crippen molar-refractivity contribution in [3.63, 3.8) is 0 Å². The first-order valence-corrected chi connectivity index (χ1v) is 9.14. The number of nitrogens with zero attached hydrogens (tertiary/aromatic N) is 2. The van der Waals surface area contributed by atoms with Gasteiger partial charge in [-0.05, 0) is 30.9 Å². The number of thioether (sulfide) groups is 1. The summed E-state index contributed by atoms with van der Waals surface area (Å²) in [6.45, 7) is 13.9. The summed E-state index contributed by atoms with van der Waals surface area (Å²) in [6, 6.07) is 0.622. The molecule has 20 heavy (non-hydrogen) atoms. The van der Waals surface area contributed by atoms with Crippen LogP contribution in [0, 0.1) is 5.41 Å². The van der Waals surface area contributed by atoms with Crippen molar-refractivity contribution in [3.05, 3.63) is 0 Å². The van der Waals surface area contributed by atoms with Gasteiger partial charge in [0.2, 0.25) is 0 Å². The van der Waals surface area contributed by atoms with Gasteiger partial charge in [-0.2, -0.15) is 11.8 Å². The molecule has 0 radical (unpaired) electrons. The maximum Gasteiger partial charge on any atom is 0.320 e. The molecular formula is C16H32N2OS. The molecule has 1 saturated heterocycles. The van der Waals surface area contributed by atoms with E-state index in [1.165, 1.54) is 12.8 Å². The SMILES string of the molecule is CCSCC(C)N1CCN(CCCCC(C)(C)C)C1=O. The topological polar surface area (TPSA) is 23.6 Å². The lowest BCUT2D eigenvalue weighted by Crippen LogP contribution is -2.39. The van der Waals surface area contributed by atoms with Crippen LogP contribution in [-0.4, -0.2) is 53.0 Å². The fraction of sp³-hybridized carbons (Fsp3) is 0.938. The summed E-state index contributed by atoms with van der Waals surface area (Å²) < 4.78 is 0. The molecule has 0 N–H and O–H groups in total. The summed E-state index contributed by atoms with van der Waals surface area (Å²) in [6.07, 6.45) is 3.59. The molecule has 0 aromatic rings. The Labute approximate surface area is 129 Å². The third kappa shape index (κ3) is 5.94. The van der Waals surface area contributed by atoms with Gasteiger partial charge in [0.15, 0.2) is 0 Å². The standard InChI is InChI=1S/C16H32N2OS/c1-6-20-13-14(2)18-12-11-17(15(18)19)10-8-7-9-16(3,4)5/h14H,6-13H2,1-5H3. The number of urea groups is 1. The van der Waals surface area contributed by atoms with E-state index in [4.69, 9.17) is 0 Å². The number of hydrogen-bond donors (Lipinski definition) is 0. The molecule has 1 heterocycles. The third-order valence-corrected chi connectivity index (χ3v) is 4.95. The average Bonchev–Trinajstić information content (AvgIpc) is 2.72. The highest BCUT2D eigenvalue weighted by Gasteiger charge is 2.31. The lowest BCUT2D eigenvalue weighted by Gasteiger charge is -2.24. The van der Waals surface area contributed by atoms with E-state index in [1.807, 2.05) is 21.6 Å². The second-order valence-corrected chi connectivity index (χ2v) is 8.31. The minimum atomic E-state index is 0.255. The normalized spacial score (nSPS) is 17.9. The quantitative estimate of drug-likeness (QED) is 0.631. The summed E-state index contributed by atoms with van der Waals surface area (Å²) in [5.74, 6) is 2.18. The highest BCUT2D eigenvalue weighted by Crippen LogP contribution is 2.22. The van der Waals surface area contributed by atoms with E-state index in [9.17, 15) is 4.79 Å². The maximum atomic E-state index is 12.3. The molecule has 1 aliphatic heterocycles. The van der Waals surface area contributed by atoms with Gasteiger partial charge < -0.3 is 9.80 Å². The van der Waals surface area contributed by atoms with Crippen LogP contribution in [0.3, 0.4) is 0 Å². The van der Waals surface area contributed by atoms with Gasteiger partial charge in [-0.3, -0.25) is 0 Å². The van der Waals surface area contributed by atoms with Crippen LogP contribution in [0.5, 0.6) is 0 Å². The van der Waals surface area contributed by atoms with E-state index in [1.54, 1.807) is 0 Å². The Morgan fingerprint density at radius 1 is 1.25 bits per heavy atom. The molecule has 2 amide bonds. The Kier molecular flexibility index (Phi) is 7.21. The second kappa shape index (κ2) is 8.16. The highest BCUT2D eigenvalue weighted by molar-refractivity contribution is 7.99. The van der Waals surface area contributed by atoms with Crippen molar-refractivity contribution in [1.29, 1.82) is 0 Å². The fourth-order valence-electron chi connectivity index (χ4n) is 2.55. The van der Waals surface area contributed by atoms with Crippen LogP contribution in [0.15, 0.2) is 0 Å². The number of unbranched alkanes of at least 4 members (excludes halogenated alkanes) is 1. The zero-order valence-corrected chi connectivity index (χ0v) is 14.8. The zero-order chi connectivity index (χ0) is 15.2. The molecule has 1 rings (SSSR count). The van der Waals surface area contributed by atoms with Crippen molar-refractivity contribution in [2.24, 2.45) is 5.41 Å².